The lowest BCUT2D eigenvalue weighted by Crippen LogP contribution is -2.60. The lowest BCUT2D eigenvalue weighted by Gasteiger charge is -2.41. The zero-order valence-corrected chi connectivity index (χ0v) is 20.9. The SMILES string of the molecule is CC(C)C(F)(F)c1cc2c(cn1)C(C)(C)CN2C(=O)CN1C[C@@H](C)NC[C@@H]1CN1CCCC1=O. The largest absolute Gasteiger partial charge is 0.341 e. The van der Waals surface area contributed by atoms with Crippen molar-refractivity contribution in [3.05, 3.63) is 23.5 Å². The molecule has 9 heteroatoms. The molecule has 188 valence electrons. The molecule has 0 bridgehead atoms. The monoisotopic (exact) mass is 477 g/mol. The van der Waals surface area contributed by atoms with Gasteiger partial charge in [-0.1, -0.05) is 27.7 Å². The molecule has 4 heterocycles. The van der Waals surface area contributed by atoms with Crippen LogP contribution < -0.4 is 10.2 Å². The van der Waals surface area contributed by atoms with Gasteiger partial charge in [-0.2, -0.15) is 8.78 Å². The van der Waals surface area contributed by atoms with E-state index in [-0.39, 0.29) is 41.6 Å². The number of nitrogens with one attached hydrogen (secondary N) is 1. The van der Waals surface area contributed by atoms with Crippen LogP contribution in [0.5, 0.6) is 0 Å². The number of aromatic nitrogens is 1. The van der Waals surface area contributed by atoms with Crippen LogP contribution in [0.2, 0.25) is 0 Å². The standard InChI is InChI=1S/C25H37F2N5O2/c1-16(2)25(26,27)21-9-20-19(11-29-21)24(4,5)15-32(20)23(34)14-31-12-17(3)28-10-18(31)13-30-8-6-7-22(30)33/h9,11,16-18,28H,6-8,10,12-15H2,1-5H3/t17-,18-/m1/s1. The average molecular weight is 478 g/mol. The maximum Gasteiger partial charge on any atom is 0.291 e. The average Bonchev–Trinajstić information content (AvgIpc) is 3.29. The Kier molecular flexibility index (Phi) is 6.72. The molecule has 2 atom stereocenters. The van der Waals surface area contributed by atoms with Crippen molar-refractivity contribution in [2.24, 2.45) is 5.92 Å². The summed E-state index contributed by atoms with van der Waals surface area (Å²) >= 11 is 0. The number of likely N-dealkylation sites (tertiary alicyclic amines) is 1. The summed E-state index contributed by atoms with van der Waals surface area (Å²) in [6.07, 6.45) is 2.99. The van der Waals surface area contributed by atoms with Gasteiger partial charge in [-0.15, -0.1) is 0 Å². The van der Waals surface area contributed by atoms with Crippen molar-refractivity contribution in [2.75, 3.05) is 44.2 Å². The lowest BCUT2D eigenvalue weighted by molar-refractivity contribution is -0.128. The van der Waals surface area contributed by atoms with E-state index >= 15 is 0 Å². The molecule has 2 fully saturated rings. The number of fused-ring (bicyclic) bond motifs is 1. The molecule has 0 spiro atoms. The summed E-state index contributed by atoms with van der Waals surface area (Å²) in [5.41, 5.74) is 0.687. The zero-order valence-electron chi connectivity index (χ0n) is 20.9. The van der Waals surface area contributed by atoms with Gasteiger partial charge >= 0.3 is 0 Å². The Labute approximate surface area is 200 Å². The fraction of sp³-hybridized carbons (Fsp3) is 0.720. The maximum absolute atomic E-state index is 14.7. The van der Waals surface area contributed by atoms with E-state index in [1.54, 1.807) is 4.90 Å². The molecule has 0 saturated carbocycles. The van der Waals surface area contributed by atoms with Crippen molar-refractivity contribution in [3.8, 4) is 0 Å². The van der Waals surface area contributed by atoms with Crippen LogP contribution in [0.1, 0.15) is 58.7 Å². The van der Waals surface area contributed by atoms with Gasteiger partial charge in [-0.25, -0.2) is 0 Å². The van der Waals surface area contributed by atoms with E-state index in [0.717, 1.165) is 18.5 Å². The first-order valence-electron chi connectivity index (χ1n) is 12.3. The molecule has 3 aliphatic heterocycles. The molecule has 3 aliphatic rings. The molecule has 1 aromatic rings. The van der Waals surface area contributed by atoms with Crippen LogP contribution in [0.15, 0.2) is 12.3 Å². The van der Waals surface area contributed by atoms with E-state index in [1.165, 1.54) is 26.1 Å². The summed E-state index contributed by atoms with van der Waals surface area (Å²) in [5, 5.41) is 3.46. The normalized spacial score (nSPS) is 25.4. The molecule has 0 unspecified atom stereocenters. The van der Waals surface area contributed by atoms with E-state index < -0.39 is 11.8 Å². The summed E-state index contributed by atoms with van der Waals surface area (Å²) in [4.78, 5) is 35.5. The highest BCUT2D eigenvalue weighted by Crippen LogP contribution is 2.43. The van der Waals surface area contributed by atoms with E-state index in [0.29, 0.717) is 38.3 Å². The van der Waals surface area contributed by atoms with Gasteiger partial charge in [0.1, 0.15) is 5.69 Å². The number of carbonyl (C=O) groups excluding carboxylic acids is 2. The molecule has 0 aliphatic carbocycles. The quantitative estimate of drug-likeness (QED) is 0.683. The molecule has 2 saturated heterocycles. The Morgan fingerprint density at radius 3 is 2.74 bits per heavy atom. The third-order valence-corrected chi connectivity index (χ3v) is 7.49. The van der Waals surface area contributed by atoms with E-state index in [1.807, 2.05) is 18.7 Å². The van der Waals surface area contributed by atoms with E-state index in [4.69, 9.17) is 0 Å². The summed E-state index contributed by atoms with van der Waals surface area (Å²) in [6, 6.07) is 1.67. The van der Waals surface area contributed by atoms with Gasteiger partial charge in [0.05, 0.1) is 12.2 Å². The van der Waals surface area contributed by atoms with E-state index in [2.05, 4.69) is 22.1 Å². The molecule has 34 heavy (non-hydrogen) atoms. The minimum atomic E-state index is -3.07. The Balaban J connectivity index is 1.56. The number of nitrogens with zero attached hydrogens (tertiary/aromatic N) is 4. The van der Waals surface area contributed by atoms with Crippen LogP contribution in [0.4, 0.5) is 14.5 Å². The summed E-state index contributed by atoms with van der Waals surface area (Å²) in [5.74, 6) is -3.90. The molecule has 1 N–H and O–H groups in total. The number of halogens is 2. The number of rotatable bonds is 6. The van der Waals surface area contributed by atoms with Gasteiger partial charge in [0.2, 0.25) is 11.8 Å². The number of anilines is 1. The van der Waals surface area contributed by atoms with Crippen molar-refractivity contribution in [2.45, 2.75) is 70.9 Å². The third-order valence-electron chi connectivity index (χ3n) is 7.49. The van der Waals surface area contributed by atoms with Gasteiger partial charge in [-0.05, 0) is 19.4 Å². The fourth-order valence-corrected chi connectivity index (χ4v) is 5.27. The Hall–Kier alpha value is -2.13. The van der Waals surface area contributed by atoms with Crippen molar-refractivity contribution >= 4 is 17.5 Å². The Morgan fingerprint density at radius 1 is 1.35 bits per heavy atom. The van der Waals surface area contributed by atoms with Crippen LogP contribution in [-0.2, 0) is 20.9 Å². The minimum Gasteiger partial charge on any atom is -0.341 e. The first-order chi connectivity index (χ1) is 15.9. The van der Waals surface area contributed by atoms with E-state index in [9.17, 15) is 18.4 Å². The second kappa shape index (κ2) is 9.15. The van der Waals surface area contributed by atoms with Gasteiger partial charge in [0.25, 0.3) is 5.92 Å². The highest BCUT2D eigenvalue weighted by Gasteiger charge is 2.43. The van der Waals surface area contributed by atoms with Crippen molar-refractivity contribution < 1.29 is 18.4 Å². The van der Waals surface area contributed by atoms with Crippen LogP contribution >= 0.6 is 0 Å². The predicted molar refractivity (Wildman–Crippen MR) is 127 cm³/mol. The van der Waals surface area contributed by atoms with Crippen LogP contribution in [0.25, 0.3) is 0 Å². The second-order valence-corrected chi connectivity index (χ2v) is 11.1. The number of carbonyl (C=O) groups is 2. The molecule has 1 aromatic heterocycles. The van der Waals surface area contributed by atoms with Gasteiger partial charge in [0.15, 0.2) is 0 Å². The zero-order chi connectivity index (χ0) is 24.8. The van der Waals surface area contributed by atoms with Crippen LogP contribution in [0.3, 0.4) is 0 Å². The smallest absolute Gasteiger partial charge is 0.291 e. The first-order valence-corrected chi connectivity index (χ1v) is 12.3. The molecular weight excluding hydrogens is 440 g/mol. The number of amides is 2. The van der Waals surface area contributed by atoms with Gasteiger partial charge in [-0.3, -0.25) is 19.5 Å². The number of piperazine rings is 1. The second-order valence-electron chi connectivity index (χ2n) is 11.1. The third kappa shape index (κ3) is 4.69. The Bertz CT molecular complexity index is 951. The molecule has 4 rings (SSSR count). The minimum absolute atomic E-state index is 0.0376. The molecule has 2 amide bonds. The maximum atomic E-state index is 14.7. The van der Waals surface area contributed by atoms with Crippen molar-refractivity contribution in [3.63, 3.8) is 0 Å². The summed E-state index contributed by atoms with van der Waals surface area (Å²) < 4.78 is 29.5. The fourth-order valence-electron chi connectivity index (χ4n) is 5.27. The summed E-state index contributed by atoms with van der Waals surface area (Å²) in [6.45, 7) is 12.4. The molecular formula is C25H37F2N5O2. The lowest BCUT2D eigenvalue weighted by atomic mass is 9.88. The summed E-state index contributed by atoms with van der Waals surface area (Å²) in [7, 11) is 0. The topological polar surface area (TPSA) is 68.8 Å². The first kappa shape index (κ1) is 25.0. The van der Waals surface area contributed by atoms with Crippen LogP contribution in [0, 0.1) is 5.92 Å². The number of pyridine rings is 1. The van der Waals surface area contributed by atoms with Gasteiger partial charge in [0, 0.05) is 74.3 Å². The number of hydrogen-bond donors (Lipinski definition) is 1. The number of hydrogen-bond acceptors (Lipinski definition) is 5. The highest BCUT2D eigenvalue weighted by molar-refractivity contribution is 5.97. The predicted octanol–water partition coefficient (Wildman–Crippen LogP) is 2.74. The molecule has 0 aromatic carbocycles. The Morgan fingerprint density at radius 2 is 2.09 bits per heavy atom. The van der Waals surface area contributed by atoms with Gasteiger partial charge < -0.3 is 15.1 Å². The molecule has 7 nitrogen and oxygen atoms in total. The molecule has 0 radical (unpaired) electrons. The number of alkyl halides is 2. The highest BCUT2D eigenvalue weighted by atomic mass is 19.3. The van der Waals surface area contributed by atoms with Crippen molar-refractivity contribution in [1.29, 1.82) is 0 Å². The van der Waals surface area contributed by atoms with Crippen molar-refractivity contribution in [1.82, 2.24) is 20.1 Å². The van der Waals surface area contributed by atoms with Crippen LogP contribution in [-0.4, -0.2) is 78.0 Å².